The first-order chi connectivity index (χ1) is 16.6. The van der Waals surface area contributed by atoms with Crippen molar-refractivity contribution in [1.29, 1.82) is 5.26 Å². The monoisotopic (exact) mass is 491 g/mol. The minimum Gasteiger partial charge on any atom is -0.494 e. The van der Waals surface area contributed by atoms with E-state index in [9.17, 15) is 22.4 Å². The number of piperidine rings is 1. The number of nitriles is 1. The van der Waals surface area contributed by atoms with Gasteiger partial charge in [-0.3, -0.25) is 4.79 Å². The van der Waals surface area contributed by atoms with Gasteiger partial charge >= 0.3 is 6.18 Å². The molecule has 186 valence electrons. The first-order valence-corrected chi connectivity index (χ1v) is 11.1. The lowest BCUT2D eigenvalue weighted by Crippen LogP contribution is -2.50. The van der Waals surface area contributed by atoms with Crippen molar-refractivity contribution in [2.24, 2.45) is 11.3 Å². The summed E-state index contributed by atoms with van der Waals surface area (Å²) in [4.78, 5) is 16.6. The van der Waals surface area contributed by atoms with E-state index in [0.717, 1.165) is 12.1 Å². The molecule has 0 spiro atoms. The second-order valence-electron chi connectivity index (χ2n) is 9.06. The highest BCUT2D eigenvalue weighted by atomic mass is 19.4. The van der Waals surface area contributed by atoms with Gasteiger partial charge in [-0.1, -0.05) is 0 Å². The SMILES string of the molecule is COC[C@@]12CCN(C(=O)c3ccc(OC)c(F)c3)C[C@@H]1CN(c1ccc(C#N)c(C(F)(F)F)c1)C2. The molecule has 2 aromatic carbocycles. The fraction of sp³-hybridized carbons (Fsp3) is 0.440. The highest BCUT2D eigenvalue weighted by Crippen LogP contribution is 2.45. The van der Waals surface area contributed by atoms with Gasteiger partial charge in [-0.2, -0.15) is 18.4 Å². The number of alkyl halides is 3. The molecule has 0 aromatic heterocycles. The summed E-state index contributed by atoms with van der Waals surface area (Å²) in [6.45, 7) is 2.08. The molecule has 0 radical (unpaired) electrons. The Morgan fingerprint density at radius 3 is 2.60 bits per heavy atom. The maximum atomic E-state index is 14.1. The fourth-order valence-electron chi connectivity index (χ4n) is 5.23. The zero-order valence-electron chi connectivity index (χ0n) is 19.4. The number of fused-ring (bicyclic) bond motifs is 1. The predicted molar refractivity (Wildman–Crippen MR) is 120 cm³/mol. The van der Waals surface area contributed by atoms with Crippen LogP contribution in [0.2, 0.25) is 0 Å². The molecule has 0 unspecified atom stereocenters. The van der Waals surface area contributed by atoms with Crippen molar-refractivity contribution in [2.45, 2.75) is 12.6 Å². The average molecular weight is 491 g/mol. The van der Waals surface area contributed by atoms with E-state index in [1.54, 1.807) is 18.1 Å². The van der Waals surface area contributed by atoms with Crippen molar-refractivity contribution < 1.29 is 31.8 Å². The van der Waals surface area contributed by atoms with Crippen LogP contribution in [-0.4, -0.2) is 57.8 Å². The van der Waals surface area contributed by atoms with E-state index in [4.69, 9.17) is 14.7 Å². The lowest BCUT2D eigenvalue weighted by atomic mass is 9.73. The third-order valence-corrected chi connectivity index (χ3v) is 7.04. The van der Waals surface area contributed by atoms with E-state index in [1.165, 1.54) is 31.4 Å². The van der Waals surface area contributed by atoms with E-state index in [1.807, 2.05) is 4.90 Å². The Kier molecular flexibility index (Phi) is 6.64. The zero-order chi connectivity index (χ0) is 25.4. The molecule has 2 fully saturated rings. The number of anilines is 1. The molecular weight excluding hydrogens is 466 g/mol. The lowest BCUT2D eigenvalue weighted by molar-refractivity contribution is -0.137. The van der Waals surface area contributed by atoms with Crippen LogP contribution in [0.5, 0.6) is 5.75 Å². The molecule has 1 amide bonds. The number of benzene rings is 2. The number of hydrogen-bond acceptors (Lipinski definition) is 5. The molecule has 6 nitrogen and oxygen atoms in total. The van der Waals surface area contributed by atoms with Gasteiger partial charge in [-0.25, -0.2) is 4.39 Å². The number of carbonyl (C=O) groups excluding carboxylic acids is 1. The second-order valence-corrected chi connectivity index (χ2v) is 9.06. The number of carbonyl (C=O) groups is 1. The van der Waals surface area contributed by atoms with Gasteiger partial charge in [0.05, 0.1) is 30.9 Å². The van der Waals surface area contributed by atoms with Gasteiger partial charge in [0, 0.05) is 55.9 Å². The lowest BCUT2D eigenvalue weighted by Gasteiger charge is -2.43. The number of hydrogen-bond donors (Lipinski definition) is 0. The van der Waals surface area contributed by atoms with E-state index < -0.39 is 23.1 Å². The molecule has 0 aliphatic carbocycles. The summed E-state index contributed by atoms with van der Waals surface area (Å²) in [5, 5.41) is 9.09. The van der Waals surface area contributed by atoms with Crippen molar-refractivity contribution in [3.63, 3.8) is 0 Å². The van der Waals surface area contributed by atoms with Gasteiger partial charge in [0.2, 0.25) is 0 Å². The highest BCUT2D eigenvalue weighted by Gasteiger charge is 2.50. The summed E-state index contributed by atoms with van der Waals surface area (Å²) in [6.07, 6.45) is -4.05. The quantitative estimate of drug-likeness (QED) is 0.583. The number of ether oxygens (including phenoxy) is 2. The van der Waals surface area contributed by atoms with Crippen LogP contribution in [0.4, 0.5) is 23.2 Å². The molecule has 0 bridgehead atoms. The van der Waals surface area contributed by atoms with Crippen LogP contribution in [0, 0.1) is 28.5 Å². The van der Waals surface area contributed by atoms with Crippen LogP contribution >= 0.6 is 0 Å². The number of likely N-dealkylation sites (tertiary alicyclic amines) is 1. The van der Waals surface area contributed by atoms with Crippen LogP contribution in [0.15, 0.2) is 36.4 Å². The number of amides is 1. The first-order valence-electron chi connectivity index (χ1n) is 11.1. The molecule has 2 aromatic rings. The number of methoxy groups -OCH3 is 2. The minimum atomic E-state index is -4.64. The summed E-state index contributed by atoms with van der Waals surface area (Å²) < 4.78 is 65.1. The van der Waals surface area contributed by atoms with Crippen LogP contribution in [-0.2, 0) is 10.9 Å². The smallest absolute Gasteiger partial charge is 0.417 e. The molecule has 10 heteroatoms. The summed E-state index contributed by atoms with van der Waals surface area (Å²) in [5.41, 5.74) is -1.15. The fourth-order valence-corrected chi connectivity index (χ4v) is 5.23. The molecular formula is C25H25F4N3O3. The summed E-state index contributed by atoms with van der Waals surface area (Å²) in [7, 11) is 2.92. The van der Waals surface area contributed by atoms with E-state index in [-0.39, 0.29) is 28.6 Å². The average Bonchev–Trinajstić information content (AvgIpc) is 3.21. The van der Waals surface area contributed by atoms with Crippen molar-refractivity contribution in [1.82, 2.24) is 4.90 Å². The molecule has 2 heterocycles. The third kappa shape index (κ3) is 4.65. The Morgan fingerprint density at radius 2 is 1.97 bits per heavy atom. The Hall–Kier alpha value is -3.32. The number of rotatable bonds is 5. The van der Waals surface area contributed by atoms with Gasteiger partial charge in [-0.05, 0) is 42.8 Å². The predicted octanol–water partition coefficient (Wildman–Crippen LogP) is 4.34. The third-order valence-electron chi connectivity index (χ3n) is 7.04. The van der Waals surface area contributed by atoms with Crippen LogP contribution in [0.3, 0.4) is 0 Å². The Bertz CT molecular complexity index is 1160. The molecule has 4 rings (SSSR count). The topological polar surface area (TPSA) is 65.8 Å². The molecule has 35 heavy (non-hydrogen) atoms. The second kappa shape index (κ2) is 9.38. The van der Waals surface area contributed by atoms with Crippen molar-refractivity contribution >= 4 is 11.6 Å². The highest BCUT2D eigenvalue weighted by molar-refractivity contribution is 5.94. The minimum absolute atomic E-state index is 0.0476. The van der Waals surface area contributed by atoms with E-state index >= 15 is 0 Å². The molecule has 0 N–H and O–H groups in total. The van der Waals surface area contributed by atoms with Gasteiger partial charge in [-0.15, -0.1) is 0 Å². The van der Waals surface area contributed by atoms with Gasteiger partial charge < -0.3 is 19.3 Å². The summed E-state index contributed by atoms with van der Waals surface area (Å²) in [6, 6.07) is 9.40. The molecule has 2 atom stereocenters. The van der Waals surface area contributed by atoms with Gasteiger partial charge in [0.25, 0.3) is 5.91 Å². The van der Waals surface area contributed by atoms with E-state index in [0.29, 0.717) is 44.9 Å². The molecule has 2 aliphatic rings. The molecule has 2 aliphatic heterocycles. The Morgan fingerprint density at radius 1 is 1.20 bits per heavy atom. The Balaban J connectivity index is 1.58. The Labute approximate surface area is 200 Å². The zero-order valence-corrected chi connectivity index (χ0v) is 19.4. The van der Waals surface area contributed by atoms with Crippen LogP contribution < -0.4 is 9.64 Å². The van der Waals surface area contributed by atoms with Gasteiger partial charge in [0.1, 0.15) is 0 Å². The van der Waals surface area contributed by atoms with Crippen LogP contribution in [0.25, 0.3) is 0 Å². The first kappa shape index (κ1) is 24.8. The summed E-state index contributed by atoms with van der Waals surface area (Å²) in [5.74, 6) is -0.953. The van der Waals surface area contributed by atoms with Crippen molar-refractivity contribution in [3.8, 4) is 11.8 Å². The molecule has 0 saturated carbocycles. The largest absolute Gasteiger partial charge is 0.494 e. The number of halogens is 4. The van der Waals surface area contributed by atoms with Gasteiger partial charge in [0.15, 0.2) is 11.6 Å². The maximum absolute atomic E-state index is 14.1. The summed E-state index contributed by atoms with van der Waals surface area (Å²) >= 11 is 0. The maximum Gasteiger partial charge on any atom is 0.417 e. The van der Waals surface area contributed by atoms with Crippen LogP contribution in [0.1, 0.15) is 27.9 Å². The molecule has 2 saturated heterocycles. The van der Waals surface area contributed by atoms with Crippen molar-refractivity contribution in [2.75, 3.05) is 51.9 Å². The normalized spacial score (nSPS) is 22.0. The standard InChI is InChI=1S/C25H25F4N3O3/c1-34-15-24-7-8-31(23(33)16-4-6-22(35-2)21(26)9-16)12-18(24)13-32(14-24)19-5-3-17(11-30)20(10-19)25(27,28)29/h3-6,9-10,18H,7-8,12-15H2,1-2H3/t18-,24+/m1/s1. The van der Waals surface area contributed by atoms with E-state index in [2.05, 4.69) is 0 Å². The number of nitrogens with zero attached hydrogens (tertiary/aromatic N) is 3. The van der Waals surface area contributed by atoms with Crippen molar-refractivity contribution in [3.05, 3.63) is 58.9 Å².